The Morgan fingerprint density at radius 3 is 2.20 bits per heavy atom. The maximum Gasteiger partial charge on any atom is 0.221 e. The Morgan fingerprint density at radius 1 is 1.04 bits per heavy atom. The first-order chi connectivity index (χ1) is 11.8. The summed E-state index contributed by atoms with van der Waals surface area (Å²) in [5.74, 6) is -0.320. The number of hydrogen-bond acceptors (Lipinski definition) is 3. The zero-order valence-electron chi connectivity index (χ0n) is 14.3. The number of hydrogen-bond donors (Lipinski definition) is 1. The van der Waals surface area contributed by atoms with Gasteiger partial charge in [-0.05, 0) is 35.7 Å². The molecule has 2 rings (SSSR count). The second-order valence-electron chi connectivity index (χ2n) is 6.22. The molecule has 0 bridgehead atoms. The van der Waals surface area contributed by atoms with Gasteiger partial charge in [-0.25, -0.2) is 8.42 Å². The van der Waals surface area contributed by atoms with Crippen LogP contribution in [0.15, 0.2) is 59.5 Å². The summed E-state index contributed by atoms with van der Waals surface area (Å²) in [5, 5.41) is 3.41. The Labute approximate surface area is 154 Å². The zero-order chi connectivity index (χ0) is 18.4. The fourth-order valence-electron chi connectivity index (χ4n) is 2.53. The number of carbonyl (C=O) groups is 1. The fourth-order valence-corrected chi connectivity index (χ4v) is 3.89. The van der Waals surface area contributed by atoms with Crippen LogP contribution in [0.25, 0.3) is 0 Å². The molecule has 0 heterocycles. The van der Waals surface area contributed by atoms with Crippen LogP contribution in [0.3, 0.4) is 0 Å². The topological polar surface area (TPSA) is 63.2 Å². The van der Waals surface area contributed by atoms with Gasteiger partial charge < -0.3 is 5.32 Å². The molecule has 134 valence electrons. The molecule has 0 aliphatic heterocycles. The molecule has 0 saturated carbocycles. The lowest BCUT2D eigenvalue weighted by molar-refractivity contribution is -0.121. The average Bonchev–Trinajstić information content (AvgIpc) is 2.59. The predicted molar refractivity (Wildman–Crippen MR) is 100 cm³/mol. The summed E-state index contributed by atoms with van der Waals surface area (Å²) >= 11 is 5.78. The summed E-state index contributed by atoms with van der Waals surface area (Å²) in [6.45, 7) is 4.03. The molecule has 1 amide bonds. The van der Waals surface area contributed by atoms with Gasteiger partial charge in [0.1, 0.15) is 0 Å². The number of carbonyl (C=O) groups excluding carboxylic acids is 1. The zero-order valence-corrected chi connectivity index (χ0v) is 15.8. The van der Waals surface area contributed by atoms with Crippen LogP contribution < -0.4 is 5.32 Å². The van der Waals surface area contributed by atoms with Crippen LogP contribution in [0.1, 0.15) is 31.9 Å². The van der Waals surface area contributed by atoms with E-state index in [1.165, 1.54) is 24.3 Å². The van der Waals surface area contributed by atoms with Gasteiger partial charge in [-0.15, -0.1) is 0 Å². The van der Waals surface area contributed by atoms with Crippen LogP contribution in [0.4, 0.5) is 0 Å². The quantitative estimate of drug-likeness (QED) is 0.790. The molecule has 1 atom stereocenters. The highest BCUT2D eigenvalue weighted by Crippen LogP contribution is 2.22. The number of rotatable bonds is 7. The number of nitrogens with one attached hydrogen (secondary N) is 1. The Kier molecular flexibility index (Phi) is 6.62. The van der Waals surface area contributed by atoms with Gasteiger partial charge in [0, 0.05) is 11.4 Å². The second kappa shape index (κ2) is 8.50. The highest BCUT2D eigenvalue weighted by molar-refractivity contribution is 7.91. The van der Waals surface area contributed by atoms with Crippen LogP contribution >= 0.6 is 11.6 Å². The number of benzene rings is 2. The molecule has 25 heavy (non-hydrogen) atoms. The van der Waals surface area contributed by atoms with Crippen LogP contribution in [-0.2, 0) is 14.6 Å². The van der Waals surface area contributed by atoms with Gasteiger partial charge in [0.05, 0.1) is 16.7 Å². The van der Waals surface area contributed by atoms with E-state index in [9.17, 15) is 13.2 Å². The van der Waals surface area contributed by atoms with E-state index < -0.39 is 9.84 Å². The first kappa shape index (κ1) is 19.5. The predicted octanol–water partition coefficient (Wildman–Crippen LogP) is 4.02. The molecular weight excluding hydrogens is 358 g/mol. The SMILES string of the molecule is CC(C)[C@H](NC(=O)CCS(=O)(=O)c1ccc(Cl)cc1)c1ccccc1. The van der Waals surface area contributed by atoms with E-state index in [0.29, 0.717) is 5.02 Å². The summed E-state index contributed by atoms with van der Waals surface area (Å²) in [6, 6.07) is 15.5. The summed E-state index contributed by atoms with van der Waals surface area (Å²) in [5.41, 5.74) is 1.01. The van der Waals surface area contributed by atoms with E-state index in [4.69, 9.17) is 11.6 Å². The standard InChI is InChI=1S/C19H22ClNO3S/c1-14(2)19(15-6-4-3-5-7-15)21-18(22)12-13-25(23,24)17-10-8-16(20)9-11-17/h3-11,14,19H,12-13H2,1-2H3,(H,21,22)/t19-/m0/s1. The van der Waals surface area contributed by atoms with Crippen molar-refractivity contribution in [2.24, 2.45) is 5.92 Å². The monoisotopic (exact) mass is 379 g/mol. The van der Waals surface area contributed by atoms with Crippen molar-refractivity contribution in [3.63, 3.8) is 0 Å². The van der Waals surface area contributed by atoms with Crippen LogP contribution in [0.5, 0.6) is 0 Å². The van der Waals surface area contributed by atoms with Crippen molar-refractivity contribution < 1.29 is 13.2 Å². The molecular formula is C19H22ClNO3S. The van der Waals surface area contributed by atoms with E-state index in [1.54, 1.807) is 0 Å². The summed E-state index contributed by atoms with van der Waals surface area (Å²) in [6.07, 6.45) is -0.0823. The molecule has 0 saturated heterocycles. The van der Waals surface area contributed by atoms with Crippen molar-refractivity contribution >= 4 is 27.3 Å². The lowest BCUT2D eigenvalue weighted by atomic mass is 9.96. The molecule has 2 aromatic rings. The van der Waals surface area contributed by atoms with Gasteiger partial charge in [0.15, 0.2) is 9.84 Å². The molecule has 0 unspecified atom stereocenters. The maximum absolute atomic E-state index is 12.3. The summed E-state index contributed by atoms with van der Waals surface area (Å²) in [4.78, 5) is 12.4. The molecule has 6 heteroatoms. The van der Waals surface area contributed by atoms with Gasteiger partial charge in [-0.1, -0.05) is 55.8 Å². The molecule has 2 aromatic carbocycles. The maximum atomic E-state index is 12.3. The minimum absolute atomic E-state index is 0.0823. The average molecular weight is 380 g/mol. The Bertz CT molecular complexity index is 802. The van der Waals surface area contributed by atoms with E-state index in [-0.39, 0.29) is 34.9 Å². The highest BCUT2D eigenvalue weighted by Gasteiger charge is 2.21. The molecule has 0 fully saturated rings. The number of halogens is 1. The molecule has 0 spiro atoms. The third-order valence-electron chi connectivity index (χ3n) is 3.91. The van der Waals surface area contributed by atoms with Crippen LogP contribution in [-0.4, -0.2) is 20.1 Å². The van der Waals surface area contributed by atoms with Gasteiger partial charge in [-0.2, -0.15) is 0 Å². The minimum atomic E-state index is -3.51. The Morgan fingerprint density at radius 2 is 1.64 bits per heavy atom. The van der Waals surface area contributed by atoms with Crippen molar-refractivity contribution in [3.8, 4) is 0 Å². The fraction of sp³-hybridized carbons (Fsp3) is 0.316. The second-order valence-corrected chi connectivity index (χ2v) is 8.77. The van der Waals surface area contributed by atoms with Crippen LogP contribution in [0, 0.1) is 5.92 Å². The van der Waals surface area contributed by atoms with Crippen molar-refractivity contribution in [2.45, 2.75) is 31.2 Å². The van der Waals surface area contributed by atoms with E-state index in [1.807, 2.05) is 44.2 Å². The van der Waals surface area contributed by atoms with Crippen LogP contribution in [0.2, 0.25) is 5.02 Å². The molecule has 1 N–H and O–H groups in total. The van der Waals surface area contributed by atoms with Gasteiger partial charge in [-0.3, -0.25) is 4.79 Å². The van der Waals surface area contributed by atoms with Crippen molar-refractivity contribution in [2.75, 3.05) is 5.75 Å². The van der Waals surface area contributed by atoms with Gasteiger partial charge >= 0.3 is 0 Å². The van der Waals surface area contributed by atoms with Gasteiger partial charge in [0.25, 0.3) is 0 Å². The van der Waals surface area contributed by atoms with Crippen molar-refractivity contribution in [1.82, 2.24) is 5.32 Å². The highest BCUT2D eigenvalue weighted by atomic mass is 35.5. The first-order valence-corrected chi connectivity index (χ1v) is 10.2. The van der Waals surface area contributed by atoms with E-state index in [2.05, 4.69) is 5.32 Å². The summed E-state index contributed by atoms with van der Waals surface area (Å²) < 4.78 is 24.6. The largest absolute Gasteiger partial charge is 0.349 e. The lowest BCUT2D eigenvalue weighted by Gasteiger charge is -2.23. The number of amides is 1. The summed E-state index contributed by atoms with van der Waals surface area (Å²) in [7, 11) is -3.51. The Hall–Kier alpha value is -1.85. The molecule has 0 aliphatic rings. The van der Waals surface area contributed by atoms with Crippen molar-refractivity contribution in [1.29, 1.82) is 0 Å². The minimum Gasteiger partial charge on any atom is -0.349 e. The van der Waals surface area contributed by atoms with E-state index in [0.717, 1.165) is 5.56 Å². The smallest absolute Gasteiger partial charge is 0.221 e. The van der Waals surface area contributed by atoms with Gasteiger partial charge in [0.2, 0.25) is 5.91 Å². The molecule has 0 aromatic heterocycles. The molecule has 4 nitrogen and oxygen atoms in total. The Balaban J connectivity index is 2.00. The normalized spacial score (nSPS) is 12.8. The number of sulfone groups is 1. The lowest BCUT2D eigenvalue weighted by Crippen LogP contribution is -2.32. The van der Waals surface area contributed by atoms with E-state index >= 15 is 0 Å². The first-order valence-electron chi connectivity index (χ1n) is 8.12. The van der Waals surface area contributed by atoms with Crippen molar-refractivity contribution in [3.05, 3.63) is 65.2 Å². The molecule has 0 aliphatic carbocycles. The third kappa shape index (κ3) is 5.58. The molecule has 0 radical (unpaired) electrons. The third-order valence-corrected chi connectivity index (χ3v) is 5.90.